The summed E-state index contributed by atoms with van der Waals surface area (Å²) in [6, 6.07) is 9.09. The van der Waals surface area contributed by atoms with Crippen molar-refractivity contribution in [2.75, 3.05) is 26.2 Å². The molecule has 0 amide bonds. The van der Waals surface area contributed by atoms with Crippen LogP contribution in [0.25, 0.3) is 10.9 Å². The third-order valence-electron chi connectivity index (χ3n) is 4.94. The van der Waals surface area contributed by atoms with Gasteiger partial charge < -0.3 is 10.1 Å². The van der Waals surface area contributed by atoms with Crippen molar-refractivity contribution in [1.82, 2.24) is 14.8 Å². The van der Waals surface area contributed by atoms with Crippen molar-refractivity contribution in [3.05, 3.63) is 57.4 Å². The zero-order chi connectivity index (χ0) is 18.1. The highest BCUT2D eigenvalue weighted by Crippen LogP contribution is 2.31. The Morgan fingerprint density at radius 2 is 2.08 bits per heavy atom. The van der Waals surface area contributed by atoms with Gasteiger partial charge in [0.2, 0.25) is 0 Å². The lowest BCUT2D eigenvalue weighted by atomic mass is 10.0. The number of rotatable bonds is 5. The monoisotopic (exact) mass is 389 g/mol. The van der Waals surface area contributed by atoms with Gasteiger partial charge in [-0.3, -0.25) is 14.6 Å². The maximum atomic E-state index is 12.1. The summed E-state index contributed by atoms with van der Waals surface area (Å²) >= 11 is 7.89. The van der Waals surface area contributed by atoms with Crippen LogP contribution < -0.4 is 0 Å². The minimum absolute atomic E-state index is 0.614. The smallest absolute Gasteiger partial charge is 0.325 e. The van der Waals surface area contributed by atoms with Crippen LogP contribution in [0.4, 0.5) is 0 Å². The van der Waals surface area contributed by atoms with Crippen LogP contribution in [0.2, 0.25) is 5.02 Å². The number of aliphatic carboxylic acids is 1. The first-order chi connectivity index (χ1) is 12.6. The highest BCUT2D eigenvalue weighted by molar-refractivity contribution is 7.09. The molecule has 0 saturated carbocycles. The fraction of sp³-hybridized carbons (Fsp3) is 0.316. The molecular weight excluding hydrogens is 370 g/mol. The maximum Gasteiger partial charge on any atom is 0.325 e. The highest BCUT2D eigenvalue weighted by Gasteiger charge is 2.32. The third-order valence-corrected chi connectivity index (χ3v) is 6.03. The molecule has 136 valence electrons. The zero-order valence-corrected chi connectivity index (χ0v) is 15.8. The molecule has 2 aromatic heterocycles. The molecule has 2 N–H and O–H groups in total. The van der Waals surface area contributed by atoms with Crippen molar-refractivity contribution in [1.29, 1.82) is 0 Å². The Kier molecular flexibility index (Phi) is 5.00. The fourth-order valence-corrected chi connectivity index (χ4v) is 4.55. The number of nitrogens with zero attached hydrogens (tertiary/aromatic N) is 2. The van der Waals surface area contributed by atoms with Crippen molar-refractivity contribution in [2.45, 2.75) is 12.6 Å². The van der Waals surface area contributed by atoms with Gasteiger partial charge in [0.15, 0.2) is 0 Å². The molecule has 4 rings (SSSR count). The number of hydrogen-bond acceptors (Lipinski definition) is 4. The first kappa shape index (κ1) is 17.5. The number of nitrogens with one attached hydrogen (secondary N) is 1. The van der Waals surface area contributed by atoms with Gasteiger partial charge in [0.05, 0.1) is 0 Å². The number of piperazine rings is 1. The number of aromatic nitrogens is 1. The molecule has 1 aliphatic rings. The number of fused-ring (bicyclic) bond motifs is 1. The van der Waals surface area contributed by atoms with Crippen molar-refractivity contribution < 1.29 is 9.90 Å². The molecule has 26 heavy (non-hydrogen) atoms. The number of hydrogen-bond donors (Lipinski definition) is 2. The van der Waals surface area contributed by atoms with Gasteiger partial charge in [0, 0.05) is 65.3 Å². The van der Waals surface area contributed by atoms with E-state index >= 15 is 0 Å². The molecule has 3 heterocycles. The first-order valence-electron chi connectivity index (χ1n) is 8.60. The molecule has 0 aliphatic carbocycles. The van der Waals surface area contributed by atoms with Gasteiger partial charge in [-0.1, -0.05) is 17.7 Å². The standard InChI is InChI=1S/C19H20ClN3O2S/c20-13-3-4-17-15(10-13)16(11-21-17)18(19(24)25)23-7-5-22(6-8-23)12-14-2-1-9-26-14/h1-4,9-11,18,21H,5-8,12H2,(H,24,25)/t18-/m0/s1. The normalized spacial score (nSPS) is 17.6. The Bertz CT molecular complexity index is 901. The molecule has 3 aromatic rings. The second-order valence-electron chi connectivity index (χ2n) is 6.57. The van der Waals surface area contributed by atoms with E-state index in [1.54, 1.807) is 17.5 Å². The summed E-state index contributed by atoms with van der Waals surface area (Å²) in [6.07, 6.45) is 1.80. The summed E-state index contributed by atoms with van der Waals surface area (Å²) in [4.78, 5) is 21.0. The predicted molar refractivity (Wildman–Crippen MR) is 105 cm³/mol. The van der Waals surface area contributed by atoms with Gasteiger partial charge in [-0.25, -0.2) is 0 Å². The van der Waals surface area contributed by atoms with Crippen LogP contribution in [0.15, 0.2) is 41.9 Å². The van der Waals surface area contributed by atoms with E-state index < -0.39 is 12.0 Å². The molecule has 0 unspecified atom stereocenters. The van der Waals surface area contributed by atoms with Gasteiger partial charge in [-0.2, -0.15) is 0 Å². The van der Waals surface area contributed by atoms with Crippen molar-refractivity contribution in [3.8, 4) is 0 Å². The molecule has 1 fully saturated rings. The van der Waals surface area contributed by atoms with Crippen molar-refractivity contribution in [3.63, 3.8) is 0 Å². The summed E-state index contributed by atoms with van der Waals surface area (Å²) in [6.45, 7) is 4.13. The topological polar surface area (TPSA) is 59.6 Å². The molecule has 1 atom stereocenters. The van der Waals surface area contributed by atoms with Gasteiger partial charge in [0.1, 0.15) is 6.04 Å². The highest BCUT2D eigenvalue weighted by atomic mass is 35.5. The Hall–Kier alpha value is -1.86. The van der Waals surface area contributed by atoms with E-state index in [1.807, 2.05) is 18.2 Å². The second kappa shape index (κ2) is 7.40. The molecule has 7 heteroatoms. The van der Waals surface area contributed by atoms with Crippen LogP contribution in [0.5, 0.6) is 0 Å². The van der Waals surface area contributed by atoms with E-state index in [4.69, 9.17) is 11.6 Å². The van der Waals surface area contributed by atoms with Crippen molar-refractivity contribution >= 4 is 39.8 Å². The Balaban J connectivity index is 1.52. The van der Waals surface area contributed by atoms with E-state index in [0.717, 1.165) is 49.2 Å². The van der Waals surface area contributed by atoms with Gasteiger partial charge in [-0.05, 0) is 29.6 Å². The van der Waals surface area contributed by atoms with Crippen LogP contribution in [-0.4, -0.2) is 52.0 Å². The van der Waals surface area contributed by atoms with E-state index in [0.29, 0.717) is 5.02 Å². The van der Waals surface area contributed by atoms with Gasteiger partial charge in [-0.15, -0.1) is 11.3 Å². The number of H-pyrrole nitrogens is 1. The minimum atomic E-state index is -0.822. The lowest BCUT2D eigenvalue weighted by molar-refractivity contribution is -0.144. The summed E-state index contributed by atoms with van der Waals surface area (Å²) in [7, 11) is 0. The summed E-state index contributed by atoms with van der Waals surface area (Å²) < 4.78 is 0. The number of carboxylic acid groups (broad SMARTS) is 1. The Labute approximate surface area is 160 Å². The van der Waals surface area contributed by atoms with Crippen LogP contribution in [0, 0.1) is 0 Å². The second-order valence-corrected chi connectivity index (χ2v) is 8.03. The minimum Gasteiger partial charge on any atom is -0.480 e. The maximum absolute atomic E-state index is 12.1. The number of thiophene rings is 1. The summed E-state index contributed by atoms with van der Waals surface area (Å²) in [5.74, 6) is -0.822. The number of benzene rings is 1. The SMILES string of the molecule is O=C(O)[C@H](c1c[nH]c2ccc(Cl)cc12)N1CCN(Cc2cccs2)CC1. The van der Waals surface area contributed by atoms with Crippen LogP contribution >= 0.6 is 22.9 Å². The van der Waals surface area contributed by atoms with Gasteiger partial charge in [0.25, 0.3) is 0 Å². The summed E-state index contributed by atoms with van der Waals surface area (Å²) in [5.41, 5.74) is 1.69. The molecule has 5 nitrogen and oxygen atoms in total. The quantitative estimate of drug-likeness (QED) is 0.696. The number of aromatic amines is 1. The van der Waals surface area contributed by atoms with Gasteiger partial charge >= 0.3 is 5.97 Å². The average Bonchev–Trinajstić information content (AvgIpc) is 3.27. The largest absolute Gasteiger partial charge is 0.480 e. The Morgan fingerprint density at radius 3 is 2.77 bits per heavy atom. The molecule has 1 saturated heterocycles. The number of carboxylic acids is 1. The first-order valence-corrected chi connectivity index (χ1v) is 9.86. The third kappa shape index (κ3) is 3.50. The molecule has 1 aromatic carbocycles. The predicted octanol–water partition coefficient (Wildman–Crippen LogP) is 3.83. The molecule has 0 bridgehead atoms. The van der Waals surface area contributed by atoms with Crippen LogP contribution in [-0.2, 0) is 11.3 Å². The molecule has 0 spiro atoms. The van der Waals surface area contributed by atoms with Crippen LogP contribution in [0.3, 0.4) is 0 Å². The van der Waals surface area contributed by atoms with Crippen molar-refractivity contribution in [2.24, 2.45) is 0 Å². The van der Waals surface area contributed by atoms with Crippen LogP contribution in [0.1, 0.15) is 16.5 Å². The summed E-state index contributed by atoms with van der Waals surface area (Å²) in [5, 5.41) is 13.5. The van der Waals surface area contributed by atoms with E-state index in [9.17, 15) is 9.90 Å². The molecule has 1 aliphatic heterocycles. The molecule has 0 radical (unpaired) electrons. The number of carbonyl (C=O) groups is 1. The molecular formula is C19H20ClN3O2S. The van der Waals surface area contributed by atoms with E-state index in [1.165, 1.54) is 4.88 Å². The van der Waals surface area contributed by atoms with E-state index in [2.05, 4.69) is 32.3 Å². The average molecular weight is 390 g/mol. The lowest BCUT2D eigenvalue weighted by Gasteiger charge is -2.37. The lowest BCUT2D eigenvalue weighted by Crippen LogP contribution is -2.48. The van der Waals surface area contributed by atoms with E-state index in [-0.39, 0.29) is 0 Å². The fourth-order valence-electron chi connectivity index (χ4n) is 3.63. The Morgan fingerprint density at radius 1 is 1.27 bits per heavy atom. The zero-order valence-electron chi connectivity index (χ0n) is 14.2. The number of halogens is 1.